The van der Waals surface area contributed by atoms with Crippen LogP contribution in [0.3, 0.4) is 0 Å². The summed E-state index contributed by atoms with van der Waals surface area (Å²) in [4.78, 5) is 39.1. The maximum Gasteiger partial charge on any atom is 0.309 e. The molecule has 1 aliphatic rings. The molecule has 160 valence electrons. The van der Waals surface area contributed by atoms with E-state index < -0.39 is 11.8 Å². The smallest absolute Gasteiger partial charge is 0.309 e. The Morgan fingerprint density at radius 1 is 1.06 bits per heavy atom. The van der Waals surface area contributed by atoms with Crippen molar-refractivity contribution in [3.63, 3.8) is 0 Å². The minimum absolute atomic E-state index is 0.192. The molecule has 6 nitrogen and oxygen atoms in total. The first-order valence-electron chi connectivity index (χ1n) is 10.2. The highest BCUT2D eigenvalue weighted by Crippen LogP contribution is 2.26. The molecule has 0 bridgehead atoms. The molecule has 2 heterocycles. The maximum atomic E-state index is 13.0. The number of esters is 1. The number of fused-ring (bicyclic) bond motifs is 1. The summed E-state index contributed by atoms with van der Waals surface area (Å²) < 4.78 is 23.9. The van der Waals surface area contributed by atoms with E-state index in [1.54, 1.807) is 17.9 Å². The van der Waals surface area contributed by atoms with Crippen LogP contribution in [0.4, 0.5) is 4.39 Å². The third-order valence-corrected chi connectivity index (χ3v) is 5.65. The fraction of sp³-hybridized carbons (Fsp3) is 0.292. The van der Waals surface area contributed by atoms with E-state index in [0.29, 0.717) is 37.1 Å². The molecule has 7 heteroatoms. The van der Waals surface area contributed by atoms with Crippen molar-refractivity contribution in [1.82, 2.24) is 4.90 Å². The summed E-state index contributed by atoms with van der Waals surface area (Å²) in [7, 11) is 0. The first kappa shape index (κ1) is 20.8. The highest BCUT2D eigenvalue weighted by Gasteiger charge is 2.29. The molecule has 0 atom stereocenters. The lowest BCUT2D eigenvalue weighted by molar-refractivity contribution is -0.148. The predicted molar refractivity (Wildman–Crippen MR) is 111 cm³/mol. The quantitative estimate of drug-likeness (QED) is 0.455. The van der Waals surface area contributed by atoms with Crippen molar-refractivity contribution in [2.45, 2.75) is 19.8 Å². The van der Waals surface area contributed by atoms with E-state index in [1.807, 2.05) is 18.2 Å². The number of likely N-dealkylation sites (tertiary alicyclic amines) is 1. The van der Waals surface area contributed by atoms with E-state index >= 15 is 0 Å². The zero-order valence-electron chi connectivity index (χ0n) is 17.1. The van der Waals surface area contributed by atoms with Gasteiger partial charge in [0, 0.05) is 29.6 Å². The number of aryl methyl sites for hydroxylation is 1. The van der Waals surface area contributed by atoms with Crippen LogP contribution in [-0.2, 0) is 9.53 Å². The van der Waals surface area contributed by atoms with Gasteiger partial charge in [-0.1, -0.05) is 18.2 Å². The molecule has 31 heavy (non-hydrogen) atoms. The number of benzene rings is 2. The van der Waals surface area contributed by atoms with E-state index in [4.69, 9.17) is 9.15 Å². The average Bonchev–Trinajstić information content (AvgIpc) is 3.14. The molecule has 1 fully saturated rings. The summed E-state index contributed by atoms with van der Waals surface area (Å²) in [5, 5.41) is 0.857. The molecule has 1 aromatic heterocycles. The standard InChI is InChI=1S/C24H22FNO5/c1-15-19-4-2-3-5-21(19)31-22(15)20(27)14-30-24(29)17-10-12-26(13-11-17)23(28)16-6-8-18(25)9-7-16/h2-9,17H,10-14H2,1H3. The van der Waals surface area contributed by atoms with Crippen LogP contribution in [0.15, 0.2) is 52.9 Å². The molecule has 3 aromatic rings. The number of furan rings is 1. The summed E-state index contributed by atoms with van der Waals surface area (Å²) in [6.45, 7) is 2.21. The van der Waals surface area contributed by atoms with Gasteiger partial charge in [0.05, 0.1) is 5.92 Å². The van der Waals surface area contributed by atoms with Crippen molar-refractivity contribution in [1.29, 1.82) is 0 Å². The lowest BCUT2D eigenvalue weighted by Crippen LogP contribution is -2.40. The summed E-state index contributed by atoms with van der Waals surface area (Å²) in [5.74, 6) is -1.59. The third kappa shape index (κ3) is 4.35. The lowest BCUT2D eigenvalue weighted by atomic mass is 9.96. The summed E-state index contributed by atoms with van der Waals surface area (Å²) in [6.07, 6.45) is 0.896. The Morgan fingerprint density at radius 2 is 1.74 bits per heavy atom. The zero-order valence-corrected chi connectivity index (χ0v) is 17.1. The fourth-order valence-electron chi connectivity index (χ4n) is 3.85. The minimum atomic E-state index is -0.448. The van der Waals surface area contributed by atoms with Crippen molar-refractivity contribution < 1.29 is 27.9 Å². The van der Waals surface area contributed by atoms with Gasteiger partial charge in [-0.05, 0) is 50.1 Å². The molecule has 0 radical (unpaired) electrons. The molecule has 0 aliphatic carbocycles. The Hall–Kier alpha value is -3.48. The maximum absolute atomic E-state index is 13.0. The van der Waals surface area contributed by atoms with E-state index in [0.717, 1.165) is 10.9 Å². The summed E-state index contributed by atoms with van der Waals surface area (Å²) in [5.41, 5.74) is 1.76. The predicted octanol–water partition coefficient (Wildman–Crippen LogP) is 4.16. The third-order valence-electron chi connectivity index (χ3n) is 5.65. The molecule has 0 spiro atoms. The van der Waals surface area contributed by atoms with Crippen molar-refractivity contribution in [3.05, 3.63) is 71.2 Å². The van der Waals surface area contributed by atoms with Crippen molar-refractivity contribution >= 4 is 28.6 Å². The molecule has 1 aliphatic heterocycles. The highest BCUT2D eigenvalue weighted by molar-refractivity contribution is 6.01. The number of hydrogen-bond acceptors (Lipinski definition) is 5. The average molecular weight is 423 g/mol. The minimum Gasteiger partial charge on any atom is -0.457 e. The molecule has 1 saturated heterocycles. The SMILES string of the molecule is Cc1c(C(=O)COC(=O)C2CCN(C(=O)c3ccc(F)cc3)CC2)oc2ccccc12. The second kappa shape index (κ2) is 8.71. The number of halogens is 1. The Morgan fingerprint density at radius 3 is 2.42 bits per heavy atom. The number of amides is 1. The number of Topliss-reactive ketones (excluding diaryl/α,β-unsaturated/α-hetero) is 1. The summed E-state index contributed by atoms with van der Waals surface area (Å²) >= 11 is 0. The number of hydrogen-bond donors (Lipinski definition) is 0. The Labute approximate surface area is 178 Å². The Bertz CT molecular complexity index is 1130. The first-order chi connectivity index (χ1) is 14.9. The lowest BCUT2D eigenvalue weighted by Gasteiger charge is -2.31. The molecule has 1 amide bonds. The topological polar surface area (TPSA) is 76.8 Å². The van der Waals surface area contributed by atoms with Crippen LogP contribution < -0.4 is 0 Å². The van der Waals surface area contributed by atoms with Crippen molar-refractivity contribution in [2.75, 3.05) is 19.7 Å². The van der Waals surface area contributed by atoms with Gasteiger partial charge >= 0.3 is 5.97 Å². The van der Waals surface area contributed by atoms with Crippen LogP contribution in [0.2, 0.25) is 0 Å². The zero-order chi connectivity index (χ0) is 22.0. The van der Waals surface area contributed by atoms with Crippen LogP contribution in [-0.4, -0.2) is 42.3 Å². The van der Waals surface area contributed by atoms with Gasteiger partial charge < -0.3 is 14.1 Å². The number of nitrogens with zero attached hydrogens (tertiary/aromatic N) is 1. The molecule has 0 unspecified atom stereocenters. The number of carbonyl (C=O) groups is 3. The molecule has 4 rings (SSSR count). The number of piperidine rings is 1. The monoisotopic (exact) mass is 423 g/mol. The van der Waals surface area contributed by atoms with Crippen LogP contribution in [0, 0.1) is 18.7 Å². The van der Waals surface area contributed by atoms with Crippen LogP contribution in [0.1, 0.15) is 39.3 Å². The number of ether oxygens (including phenoxy) is 1. The molecule has 0 N–H and O–H groups in total. The summed E-state index contributed by atoms with van der Waals surface area (Å²) in [6, 6.07) is 12.7. The second-order valence-electron chi connectivity index (χ2n) is 7.66. The van der Waals surface area contributed by atoms with Crippen LogP contribution in [0.5, 0.6) is 0 Å². The van der Waals surface area contributed by atoms with Crippen LogP contribution >= 0.6 is 0 Å². The molecule has 2 aromatic carbocycles. The highest BCUT2D eigenvalue weighted by atomic mass is 19.1. The Balaban J connectivity index is 1.30. The van der Waals surface area contributed by atoms with Crippen LogP contribution in [0.25, 0.3) is 11.0 Å². The van der Waals surface area contributed by atoms with Gasteiger partial charge in [0.15, 0.2) is 12.4 Å². The number of ketones is 1. The van der Waals surface area contributed by atoms with Crippen molar-refractivity contribution in [2.24, 2.45) is 5.92 Å². The van der Waals surface area contributed by atoms with E-state index in [2.05, 4.69) is 0 Å². The second-order valence-corrected chi connectivity index (χ2v) is 7.66. The van der Waals surface area contributed by atoms with Gasteiger partial charge in [-0.15, -0.1) is 0 Å². The number of carbonyl (C=O) groups excluding carboxylic acids is 3. The molecular formula is C24H22FNO5. The Kier molecular flexibility index (Phi) is 5.84. The largest absolute Gasteiger partial charge is 0.457 e. The van der Waals surface area contributed by atoms with Gasteiger partial charge in [0.2, 0.25) is 5.78 Å². The molecule has 0 saturated carbocycles. The van der Waals surface area contributed by atoms with E-state index in [1.165, 1.54) is 24.3 Å². The van der Waals surface area contributed by atoms with Gasteiger partial charge in [-0.3, -0.25) is 14.4 Å². The van der Waals surface area contributed by atoms with Gasteiger partial charge in [-0.25, -0.2) is 4.39 Å². The fourth-order valence-corrected chi connectivity index (χ4v) is 3.85. The number of para-hydroxylation sites is 1. The number of rotatable bonds is 5. The van der Waals surface area contributed by atoms with E-state index in [-0.39, 0.29) is 30.0 Å². The van der Waals surface area contributed by atoms with Crippen molar-refractivity contribution in [3.8, 4) is 0 Å². The van der Waals surface area contributed by atoms with E-state index in [9.17, 15) is 18.8 Å². The normalized spacial score (nSPS) is 14.6. The van der Waals surface area contributed by atoms with Gasteiger partial charge in [-0.2, -0.15) is 0 Å². The molecular weight excluding hydrogens is 401 g/mol. The van der Waals surface area contributed by atoms with Gasteiger partial charge in [0.25, 0.3) is 5.91 Å². The van der Waals surface area contributed by atoms with Gasteiger partial charge in [0.1, 0.15) is 11.4 Å². The first-order valence-corrected chi connectivity index (χ1v) is 10.2.